The number of ketones is 1. The Balaban J connectivity index is 2.99. The number of carbonyl (C=O) groups excluding carboxylic acids is 1. The maximum Gasteiger partial charge on any atom is 0.416 e. The first-order valence-corrected chi connectivity index (χ1v) is 5.73. The van der Waals surface area contributed by atoms with E-state index in [0.717, 1.165) is 12.1 Å². The van der Waals surface area contributed by atoms with E-state index >= 15 is 0 Å². The first-order chi connectivity index (χ1) is 8.40. The van der Waals surface area contributed by atoms with Crippen molar-refractivity contribution < 1.29 is 22.7 Å². The minimum Gasteiger partial charge on any atom is -0.370 e. The lowest BCUT2D eigenvalue weighted by atomic mass is 10.0. The fourth-order valence-corrected chi connectivity index (χ4v) is 1.61. The average Bonchev–Trinajstić information content (AvgIpc) is 2.34. The van der Waals surface area contributed by atoms with Crippen molar-refractivity contribution in [1.29, 1.82) is 0 Å². The van der Waals surface area contributed by atoms with Gasteiger partial charge in [0.05, 0.1) is 5.56 Å². The maximum atomic E-state index is 12.5. The molecule has 2 nitrogen and oxygen atoms in total. The van der Waals surface area contributed by atoms with Crippen LogP contribution in [0, 0.1) is 0 Å². The van der Waals surface area contributed by atoms with Crippen LogP contribution in [0.3, 0.4) is 0 Å². The molecule has 18 heavy (non-hydrogen) atoms. The summed E-state index contributed by atoms with van der Waals surface area (Å²) < 4.78 is 42.8. The second-order valence-electron chi connectivity index (χ2n) is 3.80. The summed E-state index contributed by atoms with van der Waals surface area (Å²) in [7, 11) is 0. The topological polar surface area (TPSA) is 26.3 Å². The molecule has 0 aliphatic heterocycles. The van der Waals surface area contributed by atoms with Crippen molar-refractivity contribution in [3.63, 3.8) is 0 Å². The molecule has 0 saturated carbocycles. The molecule has 1 rings (SSSR count). The Bertz CT molecular complexity index is 413. The number of carbonyl (C=O) groups is 1. The van der Waals surface area contributed by atoms with Gasteiger partial charge in [0.1, 0.15) is 6.10 Å². The number of ether oxygens (including phenoxy) is 1. The van der Waals surface area contributed by atoms with E-state index in [9.17, 15) is 18.0 Å². The predicted molar refractivity (Wildman–Crippen MR) is 61.5 cm³/mol. The summed E-state index contributed by atoms with van der Waals surface area (Å²) in [6, 6.07) is 4.41. The van der Waals surface area contributed by atoms with Crippen LogP contribution in [0.5, 0.6) is 0 Å². The van der Waals surface area contributed by atoms with Gasteiger partial charge >= 0.3 is 6.18 Å². The zero-order valence-electron chi connectivity index (χ0n) is 10.3. The molecule has 100 valence electrons. The van der Waals surface area contributed by atoms with E-state index in [2.05, 4.69) is 0 Å². The molecule has 0 spiro atoms. The third kappa shape index (κ3) is 3.57. The number of hydrogen-bond acceptors (Lipinski definition) is 2. The molecule has 1 aromatic carbocycles. The summed E-state index contributed by atoms with van der Waals surface area (Å²) in [5, 5.41) is 0. The molecule has 0 aromatic heterocycles. The second-order valence-corrected chi connectivity index (χ2v) is 3.80. The second kappa shape index (κ2) is 6.00. The van der Waals surface area contributed by atoms with E-state index in [1.54, 1.807) is 13.8 Å². The van der Waals surface area contributed by atoms with Crippen LogP contribution in [0.2, 0.25) is 0 Å². The third-order valence-corrected chi connectivity index (χ3v) is 2.51. The van der Waals surface area contributed by atoms with Crippen molar-refractivity contribution in [3.05, 3.63) is 35.4 Å². The molecule has 0 saturated heterocycles. The van der Waals surface area contributed by atoms with Crippen LogP contribution >= 0.6 is 0 Å². The summed E-state index contributed by atoms with van der Waals surface area (Å²) in [6.07, 6.45) is -4.69. The van der Waals surface area contributed by atoms with Gasteiger partial charge in [-0.05, 0) is 25.5 Å². The van der Waals surface area contributed by atoms with Gasteiger partial charge in [-0.25, -0.2) is 0 Å². The Hall–Kier alpha value is -1.36. The SMILES string of the molecule is CCOC(CC)C(=O)c1cccc(C(F)(F)F)c1. The van der Waals surface area contributed by atoms with Gasteiger partial charge in [0, 0.05) is 12.2 Å². The minimum atomic E-state index is -4.44. The Labute approximate surface area is 104 Å². The van der Waals surface area contributed by atoms with Crippen molar-refractivity contribution in [3.8, 4) is 0 Å². The molecule has 1 aromatic rings. The van der Waals surface area contributed by atoms with E-state index in [0.29, 0.717) is 13.0 Å². The van der Waals surface area contributed by atoms with Gasteiger partial charge < -0.3 is 4.74 Å². The summed E-state index contributed by atoms with van der Waals surface area (Å²) in [5.74, 6) is -0.412. The summed E-state index contributed by atoms with van der Waals surface area (Å²) in [5.41, 5.74) is -0.787. The van der Waals surface area contributed by atoms with Gasteiger partial charge in [-0.15, -0.1) is 0 Å². The van der Waals surface area contributed by atoms with E-state index in [1.165, 1.54) is 12.1 Å². The number of Topliss-reactive ketones (excluding diaryl/α,β-unsaturated/α-hetero) is 1. The van der Waals surface area contributed by atoms with Gasteiger partial charge in [0.15, 0.2) is 5.78 Å². The van der Waals surface area contributed by atoms with Gasteiger partial charge in [0.25, 0.3) is 0 Å². The van der Waals surface area contributed by atoms with E-state index in [-0.39, 0.29) is 5.56 Å². The van der Waals surface area contributed by atoms with Crippen molar-refractivity contribution in [2.45, 2.75) is 32.5 Å². The molecule has 0 bridgehead atoms. The van der Waals surface area contributed by atoms with E-state index < -0.39 is 23.6 Å². The lowest BCUT2D eigenvalue weighted by Gasteiger charge is -2.14. The van der Waals surface area contributed by atoms with E-state index in [4.69, 9.17) is 4.74 Å². The van der Waals surface area contributed by atoms with Gasteiger partial charge in [-0.2, -0.15) is 13.2 Å². The Kier molecular flexibility index (Phi) is 4.90. The molecule has 0 amide bonds. The largest absolute Gasteiger partial charge is 0.416 e. The smallest absolute Gasteiger partial charge is 0.370 e. The third-order valence-electron chi connectivity index (χ3n) is 2.51. The van der Waals surface area contributed by atoms with Crippen LogP contribution in [0.15, 0.2) is 24.3 Å². The highest BCUT2D eigenvalue weighted by Gasteiger charge is 2.31. The van der Waals surface area contributed by atoms with Gasteiger partial charge in [-0.1, -0.05) is 19.1 Å². The molecule has 0 heterocycles. The lowest BCUT2D eigenvalue weighted by Crippen LogP contribution is -2.24. The molecule has 0 aliphatic carbocycles. The Morgan fingerprint density at radius 2 is 2.00 bits per heavy atom. The maximum absolute atomic E-state index is 12.5. The fourth-order valence-electron chi connectivity index (χ4n) is 1.61. The molecule has 0 radical (unpaired) electrons. The highest BCUT2D eigenvalue weighted by molar-refractivity contribution is 5.99. The highest BCUT2D eigenvalue weighted by Crippen LogP contribution is 2.29. The molecular formula is C13H15F3O2. The first kappa shape index (κ1) is 14.7. The molecular weight excluding hydrogens is 245 g/mol. The van der Waals surface area contributed by atoms with Crippen LogP contribution < -0.4 is 0 Å². The molecule has 0 fully saturated rings. The Morgan fingerprint density at radius 3 is 2.50 bits per heavy atom. The standard InChI is InChI=1S/C13H15F3O2/c1-3-11(18-4-2)12(17)9-6-5-7-10(8-9)13(14,15)16/h5-8,11H,3-4H2,1-2H3. The molecule has 1 unspecified atom stereocenters. The van der Waals surface area contributed by atoms with Crippen molar-refractivity contribution in [2.75, 3.05) is 6.61 Å². The first-order valence-electron chi connectivity index (χ1n) is 5.73. The quantitative estimate of drug-likeness (QED) is 0.754. The molecule has 0 aliphatic rings. The van der Waals surface area contributed by atoms with Crippen molar-refractivity contribution >= 4 is 5.78 Å². The highest BCUT2D eigenvalue weighted by atomic mass is 19.4. The normalized spacial score (nSPS) is 13.4. The zero-order valence-corrected chi connectivity index (χ0v) is 10.3. The van der Waals surface area contributed by atoms with Crippen LogP contribution in [0.1, 0.15) is 36.2 Å². The molecule has 0 N–H and O–H groups in total. The summed E-state index contributed by atoms with van der Waals surface area (Å²) >= 11 is 0. The van der Waals surface area contributed by atoms with Crippen LogP contribution in [-0.2, 0) is 10.9 Å². The van der Waals surface area contributed by atoms with Gasteiger partial charge in [-0.3, -0.25) is 4.79 Å². The summed E-state index contributed by atoms with van der Waals surface area (Å²) in [4.78, 5) is 12.0. The number of hydrogen-bond donors (Lipinski definition) is 0. The summed E-state index contributed by atoms with van der Waals surface area (Å²) in [6.45, 7) is 3.84. The van der Waals surface area contributed by atoms with Crippen LogP contribution in [-0.4, -0.2) is 18.5 Å². The number of benzene rings is 1. The van der Waals surface area contributed by atoms with Gasteiger partial charge in [0.2, 0.25) is 0 Å². The minimum absolute atomic E-state index is 0.0325. The molecule has 1 atom stereocenters. The fraction of sp³-hybridized carbons (Fsp3) is 0.462. The van der Waals surface area contributed by atoms with Crippen molar-refractivity contribution in [1.82, 2.24) is 0 Å². The average molecular weight is 260 g/mol. The zero-order chi connectivity index (χ0) is 13.8. The number of rotatable bonds is 5. The Morgan fingerprint density at radius 1 is 1.33 bits per heavy atom. The van der Waals surface area contributed by atoms with Crippen LogP contribution in [0.4, 0.5) is 13.2 Å². The van der Waals surface area contributed by atoms with E-state index in [1.807, 2.05) is 0 Å². The van der Waals surface area contributed by atoms with Crippen LogP contribution in [0.25, 0.3) is 0 Å². The number of alkyl halides is 3. The lowest BCUT2D eigenvalue weighted by molar-refractivity contribution is -0.137. The number of halogens is 3. The monoisotopic (exact) mass is 260 g/mol. The predicted octanol–water partition coefficient (Wildman–Crippen LogP) is 3.70. The molecule has 5 heteroatoms. The van der Waals surface area contributed by atoms with Crippen molar-refractivity contribution in [2.24, 2.45) is 0 Å².